The van der Waals surface area contributed by atoms with Crippen LogP contribution in [0.1, 0.15) is 18.4 Å². The Labute approximate surface area is 113 Å². The molecule has 1 aliphatic heterocycles. The molecule has 19 heavy (non-hydrogen) atoms. The third kappa shape index (κ3) is 3.11. The highest BCUT2D eigenvalue weighted by molar-refractivity contribution is 7.89. The van der Waals surface area contributed by atoms with Crippen LogP contribution < -0.4 is 0 Å². The lowest BCUT2D eigenvalue weighted by molar-refractivity contribution is 0.0631. The number of ether oxygens (including phenoxy) is 1. The Morgan fingerprint density at radius 2 is 2.11 bits per heavy atom. The zero-order valence-corrected chi connectivity index (χ0v) is 11.6. The van der Waals surface area contributed by atoms with Crippen molar-refractivity contribution in [2.45, 2.75) is 30.5 Å². The number of aliphatic hydroxyl groups is 1. The molecule has 1 aromatic heterocycles. The van der Waals surface area contributed by atoms with Crippen molar-refractivity contribution in [3.05, 3.63) is 23.9 Å². The fraction of sp³-hybridized carbons (Fsp3) is 0.583. The Hall–Kier alpha value is -1.02. The number of rotatable bonds is 4. The minimum absolute atomic E-state index is 0.0127. The number of aliphatic hydroxyl groups excluding tert-OH is 1. The predicted octanol–water partition coefficient (Wildman–Crippen LogP) is 0.373. The standard InChI is InChI=1S/C12H18N2O4S/c1-14(11-4-6-18-7-5-11)19(16,17)12-3-2-10(9-15)8-13-12/h2-3,8,11,15H,4-7,9H2,1H3. The second-order valence-corrected chi connectivity index (χ2v) is 6.47. The highest BCUT2D eigenvalue weighted by atomic mass is 32.2. The molecule has 1 saturated heterocycles. The summed E-state index contributed by atoms with van der Waals surface area (Å²) < 4.78 is 31.4. The van der Waals surface area contributed by atoms with Crippen LogP contribution in [-0.2, 0) is 21.4 Å². The van der Waals surface area contributed by atoms with Gasteiger partial charge in [-0.2, -0.15) is 4.31 Å². The summed E-state index contributed by atoms with van der Waals surface area (Å²) in [6.45, 7) is 1.02. The van der Waals surface area contributed by atoms with E-state index in [1.165, 1.54) is 16.6 Å². The molecule has 1 aliphatic rings. The number of sulfonamides is 1. The molecule has 1 aromatic rings. The fourth-order valence-corrected chi connectivity index (χ4v) is 3.37. The molecule has 0 atom stereocenters. The summed E-state index contributed by atoms with van der Waals surface area (Å²) in [6.07, 6.45) is 2.78. The summed E-state index contributed by atoms with van der Waals surface area (Å²) in [6, 6.07) is 2.95. The van der Waals surface area contributed by atoms with E-state index < -0.39 is 10.0 Å². The van der Waals surface area contributed by atoms with E-state index in [1.54, 1.807) is 13.1 Å². The second kappa shape index (κ2) is 5.96. The first-order chi connectivity index (χ1) is 9.05. The van der Waals surface area contributed by atoms with Crippen LogP contribution in [0.4, 0.5) is 0 Å². The molecule has 0 saturated carbocycles. The summed E-state index contributed by atoms with van der Waals surface area (Å²) in [7, 11) is -2.00. The monoisotopic (exact) mass is 286 g/mol. The van der Waals surface area contributed by atoms with Gasteiger partial charge in [-0.3, -0.25) is 0 Å². The van der Waals surface area contributed by atoms with Gasteiger partial charge in [0.25, 0.3) is 10.0 Å². The Bertz CT molecular complexity index is 509. The van der Waals surface area contributed by atoms with E-state index in [0.29, 0.717) is 31.6 Å². The van der Waals surface area contributed by atoms with E-state index in [0.717, 1.165) is 0 Å². The van der Waals surface area contributed by atoms with Crippen molar-refractivity contribution < 1.29 is 18.3 Å². The third-order valence-corrected chi connectivity index (χ3v) is 5.16. The lowest BCUT2D eigenvalue weighted by Gasteiger charge is -2.30. The van der Waals surface area contributed by atoms with Crippen LogP contribution in [0.25, 0.3) is 0 Å². The maximum atomic E-state index is 12.4. The summed E-state index contributed by atoms with van der Waals surface area (Å²) in [5.41, 5.74) is 0.590. The summed E-state index contributed by atoms with van der Waals surface area (Å²) in [4.78, 5) is 3.92. The number of nitrogens with zero attached hydrogens (tertiary/aromatic N) is 2. The number of aromatic nitrogens is 1. The van der Waals surface area contributed by atoms with Crippen molar-refractivity contribution in [1.29, 1.82) is 0 Å². The third-order valence-electron chi connectivity index (χ3n) is 3.33. The van der Waals surface area contributed by atoms with Crippen molar-refractivity contribution in [3.63, 3.8) is 0 Å². The molecule has 0 bridgehead atoms. The minimum atomic E-state index is -3.58. The smallest absolute Gasteiger partial charge is 0.260 e. The van der Waals surface area contributed by atoms with Crippen molar-refractivity contribution >= 4 is 10.0 Å². The molecule has 1 fully saturated rings. The molecule has 6 nitrogen and oxygen atoms in total. The Morgan fingerprint density at radius 3 is 2.63 bits per heavy atom. The SMILES string of the molecule is CN(C1CCOCC1)S(=O)(=O)c1ccc(CO)cn1. The van der Waals surface area contributed by atoms with Gasteiger partial charge in [-0.05, 0) is 24.5 Å². The van der Waals surface area contributed by atoms with Gasteiger partial charge in [0, 0.05) is 32.5 Å². The molecule has 2 rings (SSSR count). The molecule has 0 amide bonds. The first kappa shape index (κ1) is 14.4. The molecule has 0 unspecified atom stereocenters. The highest BCUT2D eigenvalue weighted by Crippen LogP contribution is 2.20. The van der Waals surface area contributed by atoms with E-state index in [4.69, 9.17) is 9.84 Å². The van der Waals surface area contributed by atoms with Gasteiger partial charge in [0.2, 0.25) is 0 Å². The van der Waals surface area contributed by atoms with Crippen molar-refractivity contribution in [1.82, 2.24) is 9.29 Å². The van der Waals surface area contributed by atoms with Crippen LogP contribution in [0.2, 0.25) is 0 Å². The van der Waals surface area contributed by atoms with Crippen LogP contribution in [0.15, 0.2) is 23.4 Å². The predicted molar refractivity (Wildman–Crippen MR) is 68.9 cm³/mol. The van der Waals surface area contributed by atoms with Crippen LogP contribution in [-0.4, -0.2) is 49.1 Å². The summed E-state index contributed by atoms with van der Waals surface area (Å²) in [5, 5.41) is 8.94. The quantitative estimate of drug-likeness (QED) is 0.865. The lowest BCUT2D eigenvalue weighted by atomic mass is 10.1. The normalized spacial score (nSPS) is 17.8. The molecule has 0 spiro atoms. The minimum Gasteiger partial charge on any atom is -0.392 e. The Kier molecular flexibility index (Phi) is 4.51. The summed E-state index contributed by atoms with van der Waals surface area (Å²) >= 11 is 0. The van der Waals surface area contributed by atoms with Gasteiger partial charge < -0.3 is 9.84 Å². The van der Waals surface area contributed by atoms with Gasteiger partial charge >= 0.3 is 0 Å². The van der Waals surface area contributed by atoms with Gasteiger partial charge in [0.1, 0.15) is 0 Å². The number of pyridine rings is 1. The molecular formula is C12H18N2O4S. The Balaban J connectivity index is 2.19. The topological polar surface area (TPSA) is 79.7 Å². The van der Waals surface area contributed by atoms with E-state index in [-0.39, 0.29) is 17.7 Å². The van der Waals surface area contributed by atoms with E-state index in [9.17, 15) is 8.42 Å². The molecule has 1 N–H and O–H groups in total. The Morgan fingerprint density at radius 1 is 1.42 bits per heavy atom. The van der Waals surface area contributed by atoms with Crippen LogP contribution in [0.3, 0.4) is 0 Å². The molecule has 0 aliphatic carbocycles. The molecule has 0 aromatic carbocycles. The number of hydrogen-bond acceptors (Lipinski definition) is 5. The average molecular weight is 286 g/mol. The average Bonchev–Trinajstić information content (AvgIpc) is 2.47. The maximum absolute atomic E-state index is 12.4. The maximum Gasteiger partial charge on any atom is 0.260 e. The zero-order chi connectivity index (χ0) is 13.9. The first-order valence-electron chi connectivity index (χ1n) is 6.17. The first-order valence-corrected chi connectivity index (χ1v) is 7.61. The molecule has 7 heteroatoms. The highest BCUT2D eigenvalue weighted by Gasteiger charge is 2.30. The number of hydrogen-bond donors (Lipinski definition) is 1. The fourth-order valence-electron chi connectivity index (χ4n) is 2.05. The van der Waals surface area contributed by atoms with E-state index in [2.05, 4.69) is 4.98 Å². The van der Waals surface area contributed by atoms with Gasteiger partial charge in [-0.25, -0.2) is 13.4 Å². The molecule has 106 valence electrons. The van der Waals surface area contributed by atoms with Gasteiger partial charge in [0.05, 0.1) is 6.61 Å². The van der Waals surface area contributed by atoms with Gasteiger partial charge in [-0.15, -0.1) is 0 Å². The van der Waals surface area contributed by atoms with Crippen molar-refractivity contribution in [2.75, 3.05) is 20.3 Å². The van der Waals surface area contributed by atoms with Gasteiger partial charge in [0.15, 0.2) is 5.03 Å². The van der Waals surface area contributed by atoms with Gasteiger partial charge in [-0.1, -0.05) is 6.07 Å². The molecular weight excluding hydrogens is 268 g/mol. The van der Waals surface area contributed by atoms with Crippen LogP contribution >= 0.6 is 0 Å². The summed E-state index contributed by atoms with van der Waals surface area (Å²) in [5.74, 6) is 0. The van der Waals surface area contributed by atoms with Crippen LogP contribution in [0, 0.1) is 0 Å². The van der Waals surface area contributed by atoms with Crippen molar-refractivity contribution in [3.8, 4) is 0 Å². The van der Waals surface area contributed by atoms with E-state index >= 15 is 0 Å². The zero-order valence-electron chi connectivity index (χ0n) is 10.8. The largest absolute Gasteiger partial charge is 0.392 e. The molecule has 0 radical (unpaired) electrons. The van der Waals surface area contributed by atoms with E-state index in [1.807, 2.05) is 0 Å². The second-order valence-electron chi connectivity index (χ2n) is 4.53. The van der Waals surface area contributed by atoms with Crippen molar-refractivity contribution in [2.24, 2.45) is 0 Å². The lowest BCUT2D eigenvalue weighted by Crippen LogP contribution is -2.40. The van der Waals surface area contributed by atoms with Crippen LogP contribution in [0.5, 0.6) is 0 Å². The molecule has 2 heterocycles.